The van der Waals surface area contributed by atoms with E-state index in [0.29, 0.717) is 12.2 Å². The maximum absolute atomic E-state index is 10.9. The van der Waals surface area contributed by atoms with Gasteiger partial charge in [-0.05, 0) is 30.7 Å². The molecule has 0 saturated carbocycles. The van der Waals surface area contributed by atoms with Crippen molar-refractivity contribution in [2.24, 2.45) is 0 Å². The Bertz CT molecular complexity index is 795. The molecule has 0 atom stereocenters. The van der Waals surface area contributed by atoms with Crippen LogP contribution in [0.2, 0.25) is 0 Å². The zero-order valence-electron chi connectivity index (χ0n) is 10.8. The summed E-state index contributed by atoms with van der Waals surface area (Å²) < 4.78 is 1.58. The fourth-order valence-corrected chi connectivity index (χ4v) is 2.10. The lowest BCUT2D eigenvalue weighted by Crippen LogP contribution is -2.05. The summed E-state index contributed by atoms with van der Waals surface area (Å²) in [5.41, 5.74) is 2.49. The molecule has 6 nitrogen and oxygen atoms in total. The van der Waals surface area contributed by atoms with Gasteiger partial charge in [0.1, 0.15) is 0 Å². The molecule has 0 unspecified atom stereocenters. The van der Waals surface area contributed by atoms with Gasteiger partial charge in [-0.15, -0.1) is 5.10 Å². The van der Waals surface area contributed by atoms with Gasteiger partial charge in [0.05, 0.1) is 17.8 Å². The number of benzene rings is 1. The summed E-state index contributed by atoms with van der Waals surface area (Å²) in [4.78, 5) is 15.2. The second-order valence-corrected chi connectivity index (χ2v) is 4.52. The van der Waals surface area contributed by atoms with Crippen molar-refractivity contribution in [2.75, 3.05) is 0 Å². The predicted molar refractivity (Wildman–Crippen MR) is 72.6 cm³/mol. The van der Waals surface area contributed by atoms with Gasteiger partial charge in [0.15, 0.2) is 5.69 Å². The molecule has 0 bridgehead atoms. The van der Waals surface area contributed by atoms with E-state index in [1.165, 1.54) is 0 Å². The van der Waals surface area contributed by atoms with Gasteiger partial charge in [-0.1, -0.05) is 17.3 Å². The molecular formula is C14H12N4O2. The van der Waals surface area contributed by atoms with E-state index in [2.05, 4.69) is 15.3 Å². The van der Waals surface area contributed by atoms with Gasteiger partial charge in [0.2, 0.25) is 0 Å². The molecule has 100 valence electrons. The van der Waals surface area contributed by atoms with Crippen LogP contribution in [0.25, 0.3) is 10.9 Å². The summed E-state index contributed by atoms with van der Waals surface area (Å²) in [5.74, 6) is -1.06. The van der Waals surface area contributed by atoms with Crippen LogP contribution in [0.5, 0.6) is 0 Å². The van der Waals surface area contributed by atoms with E-state index < -0.39 is 5.97 Å². The third kappa shape index (κ3) is 2.11. The van der Waals surface area contributed by atoms with Crippen LogP contribution in [0, 0.1) is 6.92 Å². The largest absolute Gasteiger partial charge is 0.476 e. The maximum atomic E-state index is 10.9. The van der Waals surface area contributed by atoms with Crippen molar-refractivity contribution in [1.82, 2.24) is 20.0 Å². The molecule has 0 fully saturated rings. The molecule has 3 aromatic rings. The second-order valence-electron chi connectivity index (χ2n) is 4.52. The van der Waals surface area contributed by atoms with Crippen LogP contribution in [0.1, 0.15) is 21.7 Å². The highest BCUT2D eigenvalue weighted by molar-refractivity contribution is 5.86. The van der Waals surface area contributed by atoms with E-state index >= 15 is 0 Å². The summed E-state index contributed by atoms with van der Waals surface area (Å²) in [7, 11) is 0. The summed E-state index contributed by atoms with van der Waals surface area (Å²) in [5, 5.41) is 17.6. The molecule has 0 radical (unpaired) electrons. The van der Waals surface area contributed by atoms with Crippen LogP contribution < -0.4 is 0 Å². The van der Waals surface area contributed by atoms with Crippen LogP contribution in [0.4, 0.5) is 0 Å². The predicted octanol–water partition coefficient (Wildman–Crippen LogP) is 1.88. The molecule has 0 aliphatic carbocycles. The maximum Gasteiger partial charge on any atom is 0.358 e. The van der Waals surface area contributed by atoms with Crippen molar-refractivity contribution in [3.63, 3.8) is 0 Å². The lowest BCUT2D eigenvalue weighted by molar-refractivity contribution is 0.0689. The van der Waals surface area contributed by atoms with Gasteiger partial charge in [0.25, 0.3) is 0 Å². The molecule has 1 aromatic carbocycles. The molecule has 6 heteroatoms. The van der Waals surface area contributed by atoms with Crippen molar-refractivity contribution in [1.29, 1.82) is 0 Å². The van der Waals surface area contributed by atoms with E-state index in [0.717, 1.165) is 16.5 Å². The average molecular weight is 268 g/mol. The Kier molecular flexibility index (Phi) is 2.90. The third-order valence-corrected chi connectivity index (χ3v) is 3.18. The first-order valence-corrected chi connectivity index (χ1v) is 6.12. The first kappa shape index (κ1) is 12.3. The van der Waals surface area contributed by atoms with Crippen molar-refractivity contribution >= 4 is 16.9 Å². The Balaban J connectivity index is 1.95. The molecule has 0 spiro atoms. The van der Waals surface area contributed by atoms with Crippen LogP contribution in [0.3, 0.4) is 0 Å². The molecule has 0 aliphatic rings. The zero-order chi connectivity index (χ0) is 14.1. The van der Waals surface area contributed by atoms with Crippen LogP contribution in [-0.4, -0.2) is 31.1 Å². The normalized spacial score (nSPS) is 10.8. The quantitative estimate of drug-likeness (QED) is 0.784. The van der Waals surface area contributed by atoms with Crippen molar-refractivity contribution in [3.05, 3.63) is 53.5 Å². The second kappa shape index (κ2) is 4.73. The first-order chi connectivity index (χ1) is 9.65. The first-order valence-electron chi connectivity index (χ1n) is 6.12. The van der Waals surface area contributed by atoms with Gasteiger partial charge in [-0.2, -0.15) is 0 Å². The smallest absolute Gasteiger partial charge is 0.358 e. The lowest BCUT2D eigenvalue weighted by atomic mass is 10.1. The number of pyridine rings is 1. The number of aromatic carboxylic acids is 1. The third-order valence-electron chi connectivity index (χ3n) is 3.18. The highest BCUT2D eigenvalue weighted by Crippen LogP contribution is 2.15. The molecule has 1 N–H and O–H groups in total. The van der Waals surface area contributed by atoms with Gasteiger partial charge in [0, 0.05) is 11.6 Å². The molecule has 0 saturated heterocycles. The number of carboxylic acids is 1. The number of carbonyl (C=O) groups is 1. The van der Waals surface area contributed by atoms with Gasteiger partial charge in [-0.25, -0.2) is 9.48 Å². The molecule has 0 amide bonds. The Labute approximate surface area is 114 Å². The molecule has 2 heterocycles. The van der Waals surface area contributed by atoms with Gasteiger partial charge < -0.3 is 5.11 Å². The standard InChI is InChI=1S/C14H12N4O2/c1-9-13(14(19)20)16-17-18(9)8-10-4-5-12-11(7-10)3-2-6-15-12/h2-7H,8H2,1H3,(H,19,20). The number of aromatic nitrogens is 4. The Morgan fingerprint density at radius 1 is 1.35 bits per heavy atom. The fourth-order valence-electron chi connectivity index (χ4n) is 2.10. The number of carboxylic acid groups (broad SMARTS) is 1. The fraction of sp³-hybridized carbons (Fsp3) is 0.143. The van der Waals surface area contributed by atoms with Crippen molar-refractivity contribution in [3.8, 4) is 0 Å². The minimum Gasteiger partial charge on any atom is -0.476 e. The Morgan fingerprint density at radius 2 is 2.20 bits per heavy atom. The van der Waals surface area contributed by atoms with E-state index in [1.54, 1.807) is 17.8 Å². The number of hydrogen-bond donors (Lipinski definition) is 1. The van der Waals surface area contributed by atoms with Gasteiger partial charge >= 0.3 is 5.97 Å². The highest BCUT2D eigenvalue weighted by atomic mass is 16.4. The Hall–Kier alpha value is -2.76. The van der Waals surface area contributed by atoms with Crippen LogP contribution in [-0.2, 0) is 6.54 Å². The number of fused-ring (bicyclic) bond motifs is 1. The van der Waals surface area contributed by atoms with Crippen molar-refractivity contribution in [2.45, 2.75) is 13.5 Å². The Morgan fingerprint density at radius 3 is 2.95 bits per heavy atom. The average Bonchev–Trinajstić information content (AvgIpc) is 2.80. The monoisotopic (exact) mass is 268 g/mol. The van der Waals surface area contributed by atoms with E-state index in [1.807, 2.05) is 30.3 Å². The minimum absolute atomic E-state index is 0.00699. The summed E-state index contributed by atoms with van der Waals surface area (Å²) in [6.45, 7) is 2.18. The van der Waals surface area contributed by atoms with Crippen LogP contribution >= 0.6 is 0 Å². The topological polar surface area (TPSA) is 80.9 Å². The number of hydrogen-bond acceptors (Lipinski definition) is 4. The summed E-state index contributed by atoms with van der Waals surface area (Å²) >= 11 is 0. The van der Waals surface area contributed by atoms with Gasteiger partial charge in [-0.3, -0.25) is 4.98 Å². The molecule has 20 heavy (non-hydrogen) atoms. The molecule has 0 aliphatic heterocycles. The molecule has 3 rings (SSSR count). The number of rotatable bonds is 3. The van der Waals surface area contributed by atoms with Crippen LogP contribution in [0.15, 0.2) is 36.5 Å². The molecule has 2 aromatic heterocycles. The van der Waals surface area contributed by atoms with E-state index in [-0.39, 0.29) is 5.69 Å². The van der Waals surface area contributed by atoms with Crippen molar-refractivity contribution < 1.29 is 9.90 Å². The minimum atomic E-state index is -1.06. The van der Waals surface area contributed by atoms with E-state index in [9.17, 15) is 4.79 Å². The summed E-state index contributed by atoms with van der Waals surface area (Å²) in [6.07, 6.45) is 1.75. The zero-order valence-corrected chi connectivity index (χ0v) is 10.8. The lowest BCUT2D eigenvalue weighted by Gasteiger charge is -2.05. The number of nitrogens with zero attached hydrogens (tertiary/aromatic N) is 4. The van der Waals surface area contributed by atoms with E-state index in [4.69, 9.17) is 5.11 Å². The SMILES string of the molecule is Cc1c(C(=O)O)nnn1Cc1ccc2ncccc2c1. The highest BCUT2D eigenvalue weighted by Gasteiger charge is 2.15. The summed E-state index contributed by atoms with van der Waals surface area (Å²) in [6, 6.07) is 9.79. The molecular weight excluding hydrogens is 256 g/mol.